The van der Waals surface area contributed by atoms with Crippen molar-refractivity contribution < 1.29 is 0 Å². The van der Waals surface area contributed by atoms with Crippen molar-refractivity contribution in [2.45, 2.75) is 58.8 Å². The highest BCUT2D eigenvalue weighted by atomic mass is 32.1. The lowest BCUT2D eigenvalue weighted by molar-refractivity contribution is 0.103. The minimum Gasteiger partial charge on any atom is -0.393 e. The summed E-state index contributed by atoms with van der Waals surface area (Å²) in [4.78, 5) is 3.27. The molecule has 1 saturated heterocycles. The molecule has 0 aromatic carbocycles. The molecule has 0 aromatic rings. The quantitative estimate of drug-likeness (QED) is 0.793. The second kappa shape index (κ2) is 5.46. The van der Waals surface area contributed by atoms with Crippen LogP contribution < -0.4 is 5.73 Å². The van der Waals surface area contributed by atoms with Gasteiger partial charge in [0.25, 0.3) is 0 Å². The molecule has 2 rings (SSSR count). The van der Waals surface area contributed by atoms with Gasteiger partial charge in [0.15, 0.2) is 0 Å². The van der Waals surface area contributed by atoms with Gasteiger partial charge in [0.2, 0.25) is 0 Å². The van der Waals surface area contributed by atoms with E-state index in [4.69, 9.17) is 18.0 Å². The standard InChI is InChI=1S/C15H28N2S/c1-14(2,13(16)18)7-10-17-11-8-15(9-12-17)5-3-4-6-15/h3-12H2,1-2H3,(H2,16,18). The Morgan fingerprint density at radius 2 is 1.72 bits per heavy atom. The number of piperidine rings is 1. The summed E-state index contributed by atoms with van der Waals surface area (Å²) in [5.74, 6) is 0. The minimum atomic E-state index is 0.0117. The van der Waals surface area contributed by atoms with E-state index in [1.54, 1.807) is 0 Å². The molecule has 0 bridgehead atoms. The predicted molar refractivity (Wildman–Crippen MR) is 81.8 cm³/mol. The third-order valence-electron chi connectivity index (χ3n) is 5.30. The fourth-order valence-corrected chi connectivity index (χ4v) is 3.54. The van der Waals surface area contributed by atoms with Crippen LogP contribution in [-0.4, -0.2) is 29.5 Å². The molecular weight excluding hydrogens is 240 g/mol. The zero-order valence-corrected chi connectivity index (χ0v) is 12.8. The van der Waals surface area contributed by atoms with Crippen molar-refractivity contribution in [2.24, 2.45) is 16.6 Å². The van der Waals surface area contributed by atoms with E-state index in [0.717, 1.165) is 18.4 Å². The first-order chi connectivity index (χ1) is 8.44. The fraction of sp³-hybridized carbons (Fsp3) is 0.933. The SMILES string of the molecule is CC(C)(CCN1CCC2(CCCC2)CC1)C(N)=S. The Morgan fingerprint density at radius 1 is 1.17 bits per heavy atom. The number of nitrogens with zero attached hydrogens (tertiary/aromatic N) is 1. The van der Waals surface area contributed by atoms with Crippen molar-refractivity contribution in [1.29, 1.82) is 0 Å². The van der Waals surface area contributed by atoms with Crippen molar-refractivity contribution in [2.75, 3.05) is 19.6 Å². The molecule has 1 aliphatic carbocycles. The molecule has 0 atom stereocenters. The van der Waals surface area contributed by atoms with Crippen LogP contribution in [0.2, 0.25) is 0 Å². The van der Waals surface area contributed by atoms with Gasteiger partial charge in [-0.05, 0) is 57.2 Å². The maximum atomic E-state index is 5.79. The Bertz CT molecular complexity index is 296. The van der Waals surface area contributed by atoms with Crippen LogP contribution in [0.25, 0.3) is 0 Å². The lowest BCUT2D eigenvalue weighted by atomic mass is 9.77. The summed E-state index contributed by atoms with van der Waals surface area (Å²) < 4.78 is 0. The van der Waals surface area contributed by atoms with Gasteiger partial charge in [0.05, 0.1) is 4.99 Å². The second-order valence-electron chi connectivity index (χ2n) is 7.05. The highest BCUT2D eigenvalue weighted by Gasteiger charge is 2.37. The number of rotatable bonds is 4. The summed E-state index contributed by atoms with van der Waals surface area (Å²) in [5.41, 5.74) is 6.54. The lowest BCUT2D eigenvalue weighted by Crippen LogP contribution is -2.41. The maximum Gasteiger partial charge on any atom is 0.0784 e. The normalized spacial score (nSPS) is 24.6. The first kappa shape index (κ1) is 14.3. The second-order valence-corrected chi connectivity index (χ2v) is 7.49. The number of nitrogens with two attached hydrogens (primary N) is 1. The molecule has 0 aromatic heterocycles. The highest BCUT2D eigenvalue weighted by molar-refractivity contribution is 7.80. The number of likely N-dealkylation sites (tertiary alicyclic amines) is 1. The van der Waals surface area contributed by atoms with Crippen LogP contribution in [0.5, 0.6) is 0 Å². The molecule has 1 heterocycles. The molecule has 18 heavy (non-hydrogen) atoms. The van der Waals surface area contributed by atoms with E-state index in [9.17, 15) is 0 Å². The summed E-state index contributed by atoms with van der Waals surface area (Å²) in [6.45, 7) is 8.05. The molecule has 0 radical (unpaired) electrons. The zero-order valence-electron chi connectivity index (χ0n) is 12.0. The Kier molecular flexibility index (Phi) is 4.32. The molecule has 2 nitrogen and oxygen atoms in total. The third kappa shape index (κ3) is 3.24. The van der Waals surface area contributed by atoms with E-state index < -0.39 is 0 Å². The minimum absolute atomic E-state index is 0.0117. The average molecular weight is 268 g/mol. The van der Waals surface area contributed by atoms with Crippen LogP contribution in [0.1, 0.15) is 58.8 Å². The van der Waals surface area contributed by atoms with Gasteiger partial charge in [-0.3, -0.25) is 0 Å². The Hall–Kier alpha value is -0.150. The summed E-state index contributed by atoms with van der Waals surface area (Å²) in [6.07, 6.45) is 9.83. The summed E-state index contributed by atoms with van der Waals surface area (Å²) >= 11 is 5.14. The van der Waals surface area contributed by atoms with Crippen LogP contribution >= 0.6 is 12.2 Å². The van der Waals surface area contributed by atoms with Crippen LogP contribution in [0, 0.1) is 10.8 Å². The van der Waals surface area contributed by atoms with E-state index in [-0.39, 0.29) is 5.41 Å². The molecule has 3 heteroatoms. The van der Waals surface area contributed by atoms with Gasteiger partial charge < -0.3 is 10.6 Å². The predicted octanol–water partition coefficient (Wildman–Crippen LogP) is 3.35. The molecule has 2 fully saturated rings. The highest BCUT2D eigenvalue weighted by Crippen LogP contribution is 2.46. The van der Waals surface area contributed by atoms with Gasteiger partial charge in [0.1, 0.15) is 0 Å². The van der Waals surface area contributed by atoms with Crippen LogP contribution in [0.15, 0.2) is 0 Å². The summed E-state index contributed by atoms with van der Waals surface area (Å²) in [7, 11) is 0. The van der Waals surface area contributed by atoms with Crippen molar-refractivity contribution in [1.82, 2.24) is 4.90 Å². The van der Waals surface area contributed by atoms with Gasteiger partial charge in [-0.2, -0.15) is 0 Å². The molecule has 0 amide bonds. The Balaban J connectivity index is 1.75. The maximum absolute atomic E-state index is 5.79. The van der Waals surface area contributed by atoms with E-state index in [1.807, 2.05) is 0 Å². The number of hydrogen-bond donors (Lipinski definition) is 1. The molecule has 104 valence electrons. The molecule has 2 aliphatic rings. The molecular formula is C15H28N2S. The topological polar surface area (TPSA) is 29.3 Å². The largest absolute Gasteiger partial charge is 0.393 e. The Morgan fingerprint density at radius 3 is 2.22 bits per heavy atom. The third-order valence-corrected chi connectivity index (χ3v) is 5.85. The summed E-state index contributed by atoms with van der Waals surface area (Å²) in [6, 6.07) is 0. The van der Waals surface area contributed by atoms with Gasteiger partial charge >= 0.3 is 0 Å². The first-order valence-electron chi connectivity index (χ1n) is 7.46. The lowest BCUT2D eigenvalue weighted by Gasteiger charge is -2.40. The molecule has 2 N–H and O–H groups in total. The van der Waals surface area contributed by atoms with Crippen LogP contribution in [0.3, 0.4) is 0 Å². The van der Waals surface area contributed by atoms with E-state index in [1.165, 1.54) is 51.6 Å². The van der Waals surface area contributed by atoms with Gasteiger partial charge in [0, 0.05) is 5.41 Å². The van der Waals surface area contributed by atoms with E-state index >= 15 is 0 Å². The Labute approximate surface area is 117 Å². The molecule has 0 unspecified atom stereocenters. The van der Waals surface area contributed by atoms with E-state index in [2.05, 4.69) is 18.7 Å². The van der Waals surface area contributed by atoms with Crippen molar-refractivity contribution in [3.8, 4) is 0 Å². The number of hydrogen-bond acceptors (Lipinski definition) is 2. The van der Waals surface area contributed by atoms with Gasteiger partial charge in [-0.25, -0.2) is 0 Å². The van der Waals surface area contributed by atoms with Gasteiger partial charge in [-0.15, -0.1) is 0 Å². The molecule has 1 spiro atoms. The number of thiocarbonyl (C=S) groups is 1. The average Bonchev–Trinajstić information content (AvgIpc) is 2.77. The smallest absolute Gasteiger partial charge is 0.0784 e. The van der Waals surface area contributed by atoms with E-state index in [0.29, 0.717) is 4.99 Å². The first-order valence-corrected chi connectivity index (χ1v) is 7.87. The monoisotopic (exact) mass is 268 g/mol. The van der Waals surface area contributed by atoms with Crippen molar-refractivity contribution >= 4 is 17.2 Å². The van der Waals surface area contributed by atoms with Gasteiger partial charge in [-0.1, -0.05) is 38.9 Å². The van der Waals surface area contributed by atoms with Crippen LogP contribution in [0.4, 0.5) is 0 Å². The van der Waals surface area contributed by atoms with Crippen molar-refractivity contribution in [3.05, 3.63) is 0 Å². The summed E-state index contributed by atoms with van der Waals surface area (Å²) in [5, 5.41) is 0. The molecule has 1 aliphatic heterocycles. The van der Waals surface area contributed by atoms with Crippen LogP contribution in [-0.2, 0) is 0 Å². The zero-order chi connectivity index (χ0) is 13.2. The fourth-order valence-electron chi connectivity index (χ4n) is 3.44. The van der Waals surface area contributed by atoms with Crippen molar-refractivity contribution in [3.63, 3.8) is 0 Å². The molecule has 1 saturated carbocycles.